The number of rotatable bonds is 4. The fourth-order valence-corrected chi connectivity index (χ4v) is 2.06. The van der Waals surface area contributed by atoms with Crippen molar-refractivity contribution in [2.24, 2.45) is 5.73 Å². The number of carbonyl (C=O) groups is 1. The maximum absolute atomic E-state index is 12.7. The van der Waals surface area contributed by atoms with Gasteiger partial charge in [0.05, 0.1) is 17.9 Å². The van der Waals surface area contributed by atoms with Crippen molar-refractivity contribution in [3.63, 3.8) is 0 Å². The van der Waals surface area contributed by atoms with E-state index < -0.39 is 23.7 Å². The Labute approximate surface area is 139 Å². The zero-order valence-corrected chi connectivity index (χ0v) is 12.9. The number of nitrogens with zero attached hydrogens (tertiary/aromatic N) is 4. The number of hydrogen-bond acceptors (Lipinski definition) is 5. The summed E-state index contributed by atoms with van der Waals surface area (Å²) < 4.78 is 44.4. The van der Waals surface area contributed by atoms with E-state index in [2.05, 4.69) is 15.1 Å². The fraction of sp³-hybridized carbons (Fsp3) is 0.200. The summed E-state index contributed by atoms with van der Waals surface area (Å²) in [7, 11) is 0. The number of carbonyl (C=O) groups excluding carboxylic acids is 1. The Morgan fingerprint density at radius 2 is 2.08 bits per heavy atom. The average Bonchev–Trinajstić information content (AvgIpc) is 3.24. The smallest absolute Gasteiger partial charge is 0.435 e. The number of aromatic nitrogens is 4. The van der Waals surface area contributed by atoms with Gasteiger partial charge in [0.2, 0.25) is 5.91 Å². The topological polar surface area (TPSA) is 99.8 Å². The monoisotopic (exact) mass is 351 g/mol. The van der Waals surface area contributed by atoms with Crippen LogP contribution in [0.4, 0.5) is 13.2 Å². The third kappa shape index (κ3) is 3.37. The first-order valence-corrected chi connectivity index (χ1v) is 7.11. The molecule has 0 bridgehead atoms. The molecule has 0 saturated carbocycles. The second kappa shape index (κ2) is 6.04. The first-order valence-electron chi connectivity index (χ1n) is 7.11. The average molecular weight is 351 g/mol. The molecule has 0 aromatic carbocycles. The number of amides is 1. The maximum Gasteiger partial charge on any atom is 0.435 e. The summed E-state index contributed by atoms with van der Waals surface area (Å²) in [4.78, 5) is 19.8. The Kier molecular flexibility index (Phi) is 4.03. The molecule has 7 nitrogen and oxygen atoms in total. The third-order valence-corrected chi connectivity index (χ3v) is 3.46. The second-order valence-electron chi connectivity index (χ2n) is 5.22. The maximum atomic E-state index is 12.7. The van der Waals surface area contributed by atoms with E-state index in [0.717, 1.165) is 16.9 Å². The number of primary amides is 1. The molecule has 130 valence electrons. The lowest BCUT2D eigenvalue weighted by molar-refractivity contribution is -0.141. The first-order chi connectivity index (χ1) is 11.8. The minimum absolute atomic E-state index is 0.0556. The van der Waals surface area contributed by atoms with E-state index in [9.17, 15) is 18.0 Å². The van der Waals surface area contributed by atoms with E-state index in [1.165, 1.54) is 19.3 Å². The lowest BCUT2D eigenvalue weighted by atomic mass is 10.1. The number of hydrogen-bond donors (Lipinski definition) is 1. The summed E-state index contributed by atoms with van der Waals surface area (Å²) in [6, 6.07) is 5.38. The van der Waals surface area contributed by atoms with Crippen LogP contribution in [0.5, 0.6) is 0 Å². The molecule has 0 fully saturated rings. The predicted molar refractivity (Wildman–Crippen MR) is 79.5 cm³/mol. The Bertz CT molecular complexity index is 902. The number of nitrogens with two attached hydrogens (primary N) is 1. The molecule has 0 aliphatic carbocycles. The molecular weight excluding hydrogens is 339 g/mol. The molecule has 3 aromatic heterocycles. The largest absolute Gasteiger partial charge is 0.461 e. The van der Waals surface area contributed by atoms with E-state index in [1.54, 1.807) is 12.1 Å². The molecule has 0 saturated heterocycles. The lowest BCUT2D eigenvalue weighted by Crippen LogP contribution is -2.20. The number of halogens is 3. The van der Waals surface area contributed by atoms with Crippen LogP contribution in [-0.2, 0) is 11.0 Å². The van der Waals surface area contributed by atoms with Crippen LogP contribution in [0.1, 0.15) is 24.2 Å². The van der Waals surface area contributed by atoms with Crippen molar-refractivity contribution in [1.29, 1.82) is 0 Å². The Balaban J connectivity index is 2.12. The molecule has 0 radical (unpaired) electrons. The molecule has 1 amide bonds. The zero-order valence-electron chi connectivity index (χ0n) is 12.9. The van der Waals surface area contributed by atoms with Crippen LogP contribution in [0.2, 0.25) is 0 Å². The van der Waals surface area contributed by atoms with Gasteiger partial charge in [0.1, 0.15) is 0 Å². The quantitative estimate of drug-likeness (QED) is 0.778. The molecule has 3 heterocycles. The van der Waals surface area contributed by atoms with Gasteiger partial charge in [-0.15, -0.1) is 0 Å². The van der Waals surface area contributed by atoms with Crippen LogP contribution >= 0.6 is 0 Å². The van der Waals surface area contributed by atoms with Crippen LogP contribution < -0.4 is 5.73 Å². The van der Waals surface area contributed by atoms with E-state index in [-0.39, 0.29) is 17.3 Å². The van der Waals surface area contributed by atoms with Crippen molar-refractivity contribution in [3.8, 4) is 17.4 Å². The van der Waals surface area contributed by atoms with Gasteiger partial charge in [-0.25, -0.2) is 14.6 Å². The number of alkyl halides is 3. The van der Waals surface area contributed by atoms with E-state index in [0.29, 0.717) is 5.76 Å². The summed E-state index contributed by atoms with van der Waals surface area (Å²) >= 11 is 0. The minimum atomic E-state index is -4.58. The summed E-state index contributed by atoms with van der Waals surface area (Å²) in [6.07, 6.45) is -2.06. The fourth-order valence-electron chi connectivity index (χ4n) is 2.06. The summed E-state index contributed by atoms with van der Waals surface area (Å²) in [5.41, 5.74) is 4.48. The van der Waals surface area contributed by atoms with E-state index in [1.807, 2.05) is 0 Å². The standard InChI is InChI=1S/C15H12F3N5O2/c1-8(13(19)24)9-7-12(21-14(20-9)10-3-2-6-25-10)23-5-4-11(22-23)15(16,17)18/h2-8H,1H3,(H2,19,24). The second-order valence-corrected chi connectivity index (χ2v) is 5.22. The lowest BCUT2D eigenvalue weighted by Gasteiger charge is -2.10. The number of furan rings is 1. The molecule has 3 aromatic rings. The molecular formula is C15H12F3N5O2. The molecule has 0 aliphatic rings. The molecule has 0 aliphatic heterocycles. The van der Waals surface area contributed by atoms with Crippen molar-refractivity contribution < 1.29 is 22.4 Å². The predicted octanol–water partition coefficient (Wildman–Crippen LogP) is 2.53. The van der Waals surface area contributed by atoms with Crippen LogP contribution in [0.15, 0.2) is 41.1 Å². The van der Waals surface area contributed by atoms with Gasteiger partial charge < -0.3 is 10.2 Å². The van der Waals surface area contributed by atoms with Gasteiger partial charge in [-0.3, -0.25) is 4.79 Å². The van der Waals surface area contributed by atoms with Gasteiger partial charge in [0.15, 0.2) is 23.1 Å². The summed E-state index contributed by atoms with van der Waals surface area (Å²) in [5.74, 6) is -0.947. The van der Waals surface area contributed by atoms with Gasteiger partial charge in [-0.1, -0.05) is 0 Å². The molecule has 0 spiro atoms. The molecule has 2 N–H and O–H groups in total. The van der Waals surface area contributed by atoms with Crippen molar-refractivity contribution in [2.75, 3.05) is 0 Å². The minimum Gasteiger partial charge on any atom is -0.461 e. The van der Waals surface area contributed by atoms with E-state index in [4.69, 9.17) is 10.2 Å². The highest BCUT2D eigenvalue weighted by atomic mass is 19.4. The van der Waals surface area contributed by atoms with Gasteiger partial charge >= 0.3 is 6.18 Å². The Morgan fingerprint density at radius 3 is 2.64 bits per heavy atom. The summed E-state index contributed by atoms with van der Waals surface area (Å²) in [5, 5.41) is 3.47. The van der Waals surface area contributed by atoms with Crippen molar-refractivity contribution >= 4 is 5.91 Å². The van der Waals surface area contributed by atoms with Crippen LogP contribution in [-0.4, -0.2) is 25.7 Å². The highest BCUT2D eigenvalue weighted by molar-refractivity contribution is 5.81. The molecule has 25 heavy (non-hydrogen) atoms. The third-order valence-electron chi connectivity index (χ3n) is 3.46. The van der Waals surface area contributed by atoms with Crippen molar-refractivity contribution in [3.05, 3.63) is 48.1 Å². The molecule has 1 atom stereocenters. The molecule has 3 rings (SSSR count). The van der Waals surface area contributed by atoms with Crippen LogP contribution in [0, 0.1) is 0 Å². The van der Waals surface area contributed by atoms with Gasteiger partial charge in [0.25, 0.3) is 0 Å². The van der Waals surface area contributed by atoms with Gasteiger partial charge in [-0.2, -0.15) is 18.3 Å². The normalized spacial score (nSPS) is 13.0. The SMILES string of the molecule is CC(C(N)=O)c1cc(-n2ccc(C(F)(F)F)n2)nc(-c2ccco2)n1. The van der Waals surface area contributed by atoms with Gasteiger partial charge in [-0.05, 0) is 25.1 Å². The first kappa shape index (κ1) is 16.7. The highest BCUT2D eigenvalue weighted by Gasteiger charge is 2.33. The molecule has 10 heteroatoms. The Hall–Kier alpha value is -3.17. The highest BCUT2D eigenvalue weighted by Crippen LogP contribution is 2.28. The van der Waals surface area contributed by atoms with E-state index >= 15 is 0 Å². The van der Waals surface area contributed by atoms with Crippen molar-refractivity contribution in [1.82, 2.24) is 19.7 Å². The molecule has 1 unspecified atom stereocenters. The zero-order chi connectivity index (χ0) is 18.2. The Morgan fingerprint density at radius 1 is 1.32 bits per heavy atom. The van der Waals surface area contributed by atoms with Crippen molar-refractivity contribution in [2.45, 2.75) is 19.0 Å². The van der Waals surface area contributed by atoms with Crippen LogP contribution in [0.3, 0.4) is 0 Å². The summed E-state index contributed by atoms with van der Waals surface area (Å²) in [6.45, 7) is 1.53. The van der Waals surface area contributed by atoms with Crippen LogP contribution in [0.25, 0.3) is 17.4 Å². The van der Waals surface area contributed by atoms with Gasteiger partial charge in [0, 0.05) is 12.3 Å².